The van der Waals surface area contributed by atoms with Crippen LogP contribution in [0.1, 0.15) is 5.56 Å². The fourth-order valence-corrected chi connectivity index (χ4v) is 1.53. The molecule has 0 spiro atoms. The van der Waals surface area contributed by atoms with E-state index in [1.165, 1.54) is 5.56 Å². The Hall–Kier alpha value is -0.650. The summed E-state index contributed by atoms with van der Waals surface area (Å²) in [7, 11) is 1.62. The Morgan fingerprint density at radius 1 is 1.31 bits per heavy atom. The van der Waals surface area contributed by atoms with Gasteiger partial charge in [0.2, 0.25) is 0 Å². The fourth-order valence-electron chi connectivity index (χ4n) is 1.10. The summed E-state index contributed by atoms with van der Waals surface area (Å²) in [5.41, 5.74) is 1.20. The third kappa shape index (κ3) is 6.05. The zero-order chi connectivity index (χ0) is 11.6. The molecular formula is C13H15IO2. The monoisotopic (exact) mass is 330 g/mol. The minimum absolute atomic E-state index is 0.336. The third-order valence-corrected chi connectivity index (χ3v) is 2.48. The van der Waals surface area contributed by atoms with Gasteiger partial charge in [-0.05, 0) is 28.2 Å². The first-order valence-corrected chi connectivity index (χ1v) is 6.05. The molecule has 0 radical (unpaired) electrons. The second kappa shape index (κ2) is 8.50. The van der Waals surface area contributed by atoms with Crippen molar-refractivity contribution in [2.45, 2.75) is 0 Å². The molecule has 2 nitrogen and oxygen atoms in total. The predicted octanol–water partition coefficient (Wildman–Crippen LogP) is 3.64. The van der Waals surface area contributed by atoms with E-state index in [2.05, 4.69) is 40.8 Å². The molecule has 0 aliphatic rings. The molecule has 0 amide bonds. The van der Waals surface area contributed by atoms with Crippen LogP contribution in [0.3, 0.4) is 0 Å². The van der Waals surface area contributed by atoms with Crippen LogP contribution in [0, 0.1) is 0 Å². The molecule has 0 N–H and O–H groups in total. The molecule has 0 saturated carbocycles. The Morgan fingerprint density at radius 2 is 2.06 bits per heavy atom. The molecule has 0 bridgehead atoms. The smallest absolute Gasteiger partial charge is 0.146 e. The number of hydrogen-bond acceptors (Lipinski definition) is 2. The topological polar surface area (TPSA) is 18.5 Å². The van der Waals surface area contributed by atoms with Crippen LogP contribution in [0.4, 0.5) is 0 Å². The summed E-state index contributed by atoms with van der Waals surface area (Å²) < 4.78 is 11.2. The average Bonchev–Trinajstić information content (AvgIpc) is 2.31. The Labute approximate surface area is 110 Å². The maximum absolute atomic E-state index is 5.22. The molecule has 16 heavy (non-hydrogen) atoms. The normalized spacial score (nSPS) is 12.2. The van der Waals surface area contributed by atoms with E-state index in [4.69, 9.17) is 9.47 Å². The molecule has 0 aliphatic heterocycles. The summed E-state index contributed by atoms with van der Waals surface area (Å²) >= 11 is 2.25. The van der Waals surface area contributed by atoms with Crippen molar-refractivity contribution in [3.8, 4) is 0 Å². The number of methoxy groups -OCH3 is 1. The van der Waals surface area contributed by atoms with E-state index in [9.17, 15) is 0 Å². The van der Waals surface area contributed by atoms with Gasteiger partial charge in [-0.2, -0.15) is 0 Å². The molecule has 0 unspecified atom stereocenters. The number of halogens is 1. The number of allylic oxidation sites excluding steroid dienone is 2. The molecule has 1 aromatic rings. The van der Waals surface area contributed by atoms with Crippen molar-refractivity contribution in [2.75, 3.05) is 20.5 Å². The van der Waals surface area contributed by atoms with Gasteiger partial charge in [-0.3, -0.25) is 0 Å². The van der Waals surface area contributed by atoms with Crippen LogP contribution in [0.15, 0.2) is 46.1 Å². The van der Waals surface area contributed by atoms with Crippen LogP contribution in [0.2, 0.25) is 0 Å². The summed E-state index contributed by atoms with van der Waals surface area (Å²) in [5.74, 6) is 0. The van der Waals surface area contributed by atoms with Gasteiger partial charge in [0, 0.05) is 10.7 Å². The molecule has 0 aliphatic carbocycles. The first-order chi connectivity index (χ1) is 7.83. The van der Waals surface area contributed by atoms with Crippen LogP contribution < -0.4 is 0 Å². The lowest BCUT2D eigenvalue weighted by Crippen LogP contribution is -1.97. The van der Waals surface area contributed by atoms with Crippen LogP contribution in [-0.2, 0) is 9.47 Å². The second-order valence-corrected chi connectivity index (χ2v) is 4.52. The highest BCUT2D eigenvalue weighted by Crippen LogP contribution is 2.08. The van der Waals surface area contributed by atoms with Gasteiger partial charge in [0.25, 0.3) is 0 Å². The lowest BCUT2D eigenvalue weighted by molar-refractivity contribution is -0.0190. The van der Waals surface area contributed by atoms with Crippen LogP contribution in [-0.4, -0.2) is 20.5 Å². The SMILES string of the molecule is COCOC/C(I)=C/C=C/c1ccccc1. The fraction of sp³-hybridized carbons (Fsp3) is 0.231. The highest BCUT2D eigenvalue weighted by atomic mass is 127. The van der Waals surface area contributed by atoms with Crippen LogP contribution in [0.5, 0.6) is 0 Å². The van der Waals surface area contributed by atoms with Gasteiger partial charge in [0.1, 0.15) is 6.79 Å². The molecule has 0 heterocycles. The van der Waals surface area contributed by atoms with Crippen molar-refractivity contribution in [1.82, 2.24) is 0 Å². The molecule has 1 rings (SSSR count). The molecule has 3 heteroatoms. The van der Waals surface area contributed by atoms with E-state index in [0.29, 0.717) is 13.4 Å². The highest BCUT2D eigenvalue weighted by Gasteiger charge is 1.89. The van der Waals surface area contributed by atoms with Gasteiger partial charge in [0.05, 0.1) is 6.61 Å². The Balaban J connectivity index is 2.37. The van der Waals surface area contributed by atoms with Crippen molar-refractivity contribution in [3.63, 3.8) is 0 Å². The standard InChI is InChI=1S/C13H15IO2/c1-15-11-16-10-13(14)9-5-8-12-6-3-2-4-7-12/h2-9H,10-11H2,1H3/b8-5+,13-9-. The quantitative estimate of drug-likeness (QED) is 0.343. The minimum Gasteiger partial charge on any atom is -0.359 e. The second-order valence-electron chi connectivity index (χ2n) is 3.14. The number of benzene rings is 1. The van der Waals surface area contributed by atoms with E-state index in [-0.39, 0.29) is 0 Å². The Morgan fingerprint density at radius 3 is 2.75 bits per heavy atom. The molecule has 1 aromatic carbocycles. The number of rotatable bonds is 6. The van der Waals surface area contributed by atoms with Crippen molar-refractivity contribution in [3.05, 3.63) is 51.6 Å². The summed E-state index contributed by atoms with van der Waals surface area (Å²) in [6.07, 6.45) is 6.12. The van der Waals surface area contributed by atoms with Crippen molar-refractivity contribution >= 4 is 28.7 Å². The maximum Gasteiger partial charge on any atom is 0.146 e. The number of ether oxygens (including phenoxy) is 2. The molecule has 0 atom stereocenters. The molecule has 0 aromatic heterocycles. The first kappa shape index (κ1) is 13.4. The largest absolute Gasteiger partial charge is 0.359 e. The Bertz CT molecular complexity index is 344. The lowest BCUT2D eigenvalue weighted by atomic mass is 10.2. The van der Waals surface area contributed by atoms with Crippen molar-refractivity contribution < 1.29 is 9.47 Å². The van der Waals surface area contributed by atoms with E-state index in [1.54, 1.807) is 7.11 Å². The number of hydrogen-bond donors (Lipinski definition) is 0. The summed E-state index contributed by atoms with van der Waals surface area (Å²) in [6.45, 7) is 0.927. The zero-order valence-corrected chi connectivity index (χ0v) is 11.4. The third-order valence-electron chi connectivity index (χ3n) is 1.81. The lowest BCUT2D eigenvalue weighted by Gasteiger charge is -2.00. The van der Waals surface area contributed by atoms with Crippen LogP contribution in [0.25, 0.3) is 6.08 Å². The zero-order valence-electron chi connectivity index (χ0n) is 9.23. The van der Waals surface area contributed by atoms with Gasteiger partial charge >= 0.3 is 0 Å². The van der Waals surface area contributed by atoms with Crippen molar-refractivity contribution in [1.29, 1.82) is 0 Å². The van der Waals surface area contributed by atoms with Gasteiger partial charge in [-0.15, -0.1) is 0 Å². The first-order valence-electron chi connectivity index (χ1n) is 4.97. The van der Waals surface area contributed by atoms with Gasteiger partial charge in [0.15, 0.2) is 0 Å². The summed E-state index contributed by atoms with van der Waals surface area (Å²) in [5, 5.41) is 0. The predicted molar refractivity (Wildman–Crippen MR) is 75.4 cm³/mol. The van der Waals surface area contributed by atoms with E-state index < -0.39 is 0 Å². The van der Waals surface area contributed by atoms with Gasteiger partial charge < -0.3 is 9.47 Å². The average molecular weight is 330 g/mol. The summed E-state index contributed by atoms with van der Waals surface area (Å²) in [6, 6.07) is 10.2. The van der Waals surface area contributed by atoms with Crippen molar-refractivity contribution in [2.24, 2.45) is 0 Å². The van der Waals surface area contributed by atoms with Crippen LogP contribution >= 0.6 is 22.6 Å². The molecular weight excluding hydrogens is 315 g/mol. The maximum atomic E-state index is 5.22. The van der Waals surface area contributed by atoms with Gasteiger partial charge in [-0.1, -0.05) is 48.6 Å². The summed E-state index contributed by atoms with van der Waals surface area (Å²) in [4.78, 5) is 0. The van der Waals surface area contributed by atoms with E-state index in [1.807, 2.05) is 30.4 Å². The molecule has 86 valence electrons. The molecule has 0 fully saturated rings. The Kier molecular flexibility index (Phi) is 7.12. The van der Waals surface area contributed by atoms with Gasteiger partial charge in [-0.25, -0.2) is 0 Å². The molecule has 0 saturated heterocycles. The van der Waals surface area contributed by atoms with E-state index in [0.717, 1.165) is 3.58 Å². The minimum atomic E-state index is 0.336. The highest BCUT2D eigenvalue weighted by molar-refractivity contribution is 14.1. The van der Waals surface area contributed by atoms with E-state index >= 15 is 0 Å².